The van der Waals surface area contributed by atoms with Crippen molar-refractivity contribution in [3.05, 3.63) is 80.4 Å². The van der Waals surface area contributed by atoms with Crippen LogP contribution in [0.4, 0.5) is 9.52 Å². The highest BCUT2D eigenvalue weighted by molar-refractivity contribution is 7.15. The van der Waals surface area contributed by atoms with Gasteiger partial charge >= 0.3 is 0 Å². The van der Waals surface area contributed by atoms with Crippen molar-refractivity contribution in [2.75, 3.05) is 12.0 Å². The average molecular weight is 466 g/mol. The molecule has 0 radical (unpaired) electrons. The number of halogens is 1. The lowest BCUT2D eigenvalue weighted by Gasteiger charge is -2.22. The fourth-order valence-electron chi connectivity index (χ4n) is 4.04. The quantitative estimate of drug-likeness (QED) is 0.423. The van der Waals surface area contributed by atoms with E-state index in [1.165, 1.54) is 35.5 Å². The van der Waals surface area contributed by atoms with E-state index in [-0.39, 0.29) is 22.3 Å². The van der Waals surface area contributed by atoms with Crippen molar-refractivity contribution < 1.29 is 18.3 Å². The molecule has 0 N–H and O–H groups in total. The molecule has 7 nitrogen and oxygen atoms in total. The number of aromatic nitrogens is 2. The molecule has 9 heteroatoms. The van der Waals surface area contributed by atoms with Crippen LogP contribution in [0, 0.1) is 11.7 Å². The van der Waals surface area contributed by atoms with Gasteiger partial charge in [-0.3, -0.25) is 14.5 Å². The van der Waals surface area contributed by atoms with Crippen LogP contribution in [-0.4, -0.2) is 23.2 Å². The predicted octanol–water partition coefficient (Wildman–Crippen LogP) is 4.74. The minimum absolute atomic E-state index is 0.0764. The Hall–Kier alpha value is -3.59. The molecule has 1 amide bonds. The average Bonchev–Trinajstić information content (AvgIpc) is 3.36. The van der Waals surface area contributed by atoms with Gasteiger partial charge in [0.2, 0.25) is 10.9 Å². The van der Waals surface area contributed by atoms with E-state index < -0.39 is 23.2 Å². The van der Waals surface area contributed by atoms with Gasteiger partial charge in [0.05, 0.1) is 24.1 Å². The molecule has 1 aliphatic rings. The third kappa shape index (κ3) is 3.58. The molecular formula is C24H20FN3O4S. The maximum absolute atomic E-state index is 13.9. The Bertz CT molecular complexity index is 1450. The normalized spacial score (nSPS) is 15.5. The van der Waals surface area contributed by atoms with Crippen molar-refractivity contribution in [3.63, 3.8) is 0 Å². The van der Waals surface area contributed by atoms with Crippen LogP contribution in [0.15, 0.2) is 51.7 Å². The van der Waals surface area contributed by atoms with Gasteiger partial charge < -0.3 is 9.15 Å². The monoisotopic (exact) mass is 465 g/mol. The zero-order valence-electron chi connectivity index (χ0n) is 18.2. The van der Waals surface area contributed by atoms with Gasteiger partial charge in [-0.25, -0.2) is 4.39 Å². The molecule has 0 fully saturated rings. The van der Waals surface area contributed by atoms with Gasteiger partial charge in [0.15, 0.2) is 5.43 Å². The van der Waals surface area contributed by atoms with Crippen LogP contribution in [0.2, 0.25) is 0 Å². The van der Waals surface area contributed by atoms with Gasteiger partial charge in [0, 0.05) is 6.42 Å². The molecule has 0 unspecified atom stereocenters. The summed E-state index contributed by atoms with van der Waals surface area (Å²) in [6, 6.07) is 9.97. The lowest BCUT2D eigenvalue weighted by molar-refractivity contribution is 0.0970. The molecule has 2 aromatic carbocycles. The van der Waals surface area contributed by atoms with Crippen LogP contribution in [0.3, 0.4) is 0 Å². The Morgan fingerprint density at radius 1 is 1.18 bits per heavy atom. The van der Waals surface area contributed by atoms with E-state index >= 15 is 0 Å². The molecule has 33 heavy (non-hydrogen) atoms. The molecule has 5 rings (SSSR count). The van der Waals surface area contributed by atoms with Crippen LogP contribution in [0.5, 0.6) is 5.75 Å². The third-order valence-electron chi connectivity index (χ3n) is 5.49. The molecule has 1 aliphatic heterocycles. The second-order valence-corrected chi connectivity index (χ2v) is 9.29. The van der Waals surface area contributed by atoms with Crippen molar-refractivity contribution in [1.29, 1.82) is 0 Å². The fraction of sp³-hybridized carbons (Fsp3) is 0.250. The summed E-state index contributed by atoms with van der Waals surface area (Å²) in [7, 11) is 1.54. The first-order valence-corrected chi connectivity index (χ1v) is 11.2. The van der Waals surface area contributed by atoms with Crippen molar-refractivity contribution in [1.82, 2.24) is 10.2 Å². The zero-order chi connectivity index (χ0) is 23.3. The molecule has 4 aromatic rings. The molecular weight excluding hydrogens is 445 g/mol. The Morgan fingerprint density at radius 2 is 2.00 bits per heavy atom. The van der Waals surface area contributed by atoms with Crippen molar-refractivity contribution >= 4 is 33.3 Å². The highest BCUT2D eigenvalue weighted by Crippen LogP contribution is 2.42. The van der Waals surface area contributed by atoms with Gasteiger partial charge in [-0.1, -0.05) is 37.3 Å². The van der Waals surface area contributed by atoms with Gasteiger partial charge in [-0.15, -0.1) is 10.2 Å². The summed E-state index contributed by atoms with van der Waals surface area (Å²) in [4.78, 5) is 28.5. The third-order valence-corrected chi connectivity index (χ3v) is 6.43. The molecule has 0 bridgehead atoms. The molecule has 3 heterocycles. The van der Waals surface area contributed by atoms with Crippen LogP contribution < -0.4 is 15.1 Å². The number of benzene rings is 2. The molecule has 0 saturated carbocycles. The topological polar surface area (TPSA) is 85.5 Å². The first kappa shape index (κ1) is 21.3. The Kier molecular flexibility index (Phi) is 5.20. The summed E-state index contributed by atoms with van der Waals surface area (Å²) >= 11 is 1.30. The fourth-order valence-corrected chi connectivity index (χ4v) is 5.12. The van der Waals surface area contributed by atoms with Crippen molar-refractivity contribution in [2.45, 2.75) is 26.3 Å². The zero-order valence-corrected chi connectivity index (χ0v) is 19.0. The first-order valence-electron chi connectivity index (χ1n) is 10.4. The molecule has 0 saturated heterocycles. The number of carbonyl (C=O) groups excluding carboxylic acids is 1. The number of hydrogen-bond acceptors (Lipinski definition) is 7. The van der Waals surface area contributed by atoms with Crippen LogP contribution in [0.1, 0.15) is 46.6 Å². The minimum Gasteiger partial charge on any atom is -0.497 e. The number of methoxy groups -OCH3 is 1. The summed E-state index contributed by atoms with van der Waals surface area (Å²) in [5, 5.41) is 9.73. The molecule has 0 spiro atoms. The van der Waals surface area contributed by atoms with Gasteiger partial charge in [0.25, 0.3) is 5.91 Å². The van der Waals surface area contributed by atoms with E-state index in [0.717, 1.165) is 17.5 Å². The van der Waals surface area contributed by atoms with Crippen molar-refractivity contribution in [3.8, 4) is 5.75 Å². The van der Waals surface area contributed by atoms with E-state index in [0.29, 0.717) is 22.4 Å². The second kappa shape index (κ2) is 8.08. The summed E-state index contributed by atoms with van der Waals surface area (Å²) in [5.41, 5.74) is 0.482. The number of carbonyl (C=O) groups is 1. The van der Waals surface area contributed by atoms with Gasteiger partial charge in [-0.2, -0.15) is 0 Å². The van der Waals surface area contributed by atoms with E-state index in [1.54, 1.807) is 24.3 Å². The lowest BCUT2D eigenvalue weighted by Crippen LogP contribution is -2.29. The molecule has 1 atom stereocenters. The SMILES string of the molecule is COc1cccc([C@H]2c3c(oc4ccc(F)cc4c3=O)C(=O)N2c2nnc(CC(C)C)s2)c1. The second-order valence-electron chi connectivity index (χ2n) is 8.25. The number of rotatable bonds is 5. The molecule has 0 aliphatic carbocycles. The highest BCUT2D eigenvalue weighted by atomic mass is 32.1. The smallest absolute Gasteiger partial charge is 0.297 e. The number of hydrogen-bond donors (Lipinski definition) is 0. The maximum Gasteiger partial charge on any atom is 0.297 e. The maximum atomic E-state index is 13.9. The molecule has 2 aromatic heterocycles. The van der Waals surface area contributed by atoms with E-state index in [2.05, 4.69) is 24.0 Å². The van der Waals surface area contributed by atoms with E-state index in [4.69, 9.17) is 9.15 Å². The Labute approximate surface area is 192 Å². The largest absolute Gasteiger partial charge is 0.497 e. The van der Waals surface area contributed by atoms with Gasteiger partial charge in [-0.05, 0) is 41.8 Å². The summed E-state index contributed by atoms with van der Waals surface area (Å²) < 4.78 is 25.1. The number of amides is 1. The summed E-state index contributed by atoms with van der Waals surface area (Å²) in [5.74, 6) is -0.186. The predicted molar refractivity (Wildman–Crippen MR) is 123 cm³/mol. The van der Waals surface area contributed by atoms with E-state index in [1.807, 2.05) is 0 Å². The van der Waals surface area contributed by atoms with E-state index in [9.17, 15) is 14.0 Å². The summed E-state index contributed by atoms with van der Waals surface area (Å²) in [6.45, 7) is 4.15. The first-order chi connectivity index (χ1) is 15.9. The number of nitrogens with zero attached hydrogens (tertiary/aromatic N) is 3. The van der Waals surface area contributed by atoms with Crippen LogP contribution >= 0.6 is 11.3 Å². The Balaban J connectivity index is 1.75. The number of ether oxygens (including phenoxy) is 1. The molecule has 168 valence electrons. The highest BCUT2D eigenvalue weighted by Gasteiger charge is 2.45. The Morgan fingerprint density at radius 3 is 2.76 bits per heavy atom. The number of anilines is 1. The summed E-state index contributed by atoms with van der Waals surface area (Å²) in [6.07, 6.45) is 0.719. The van der Waals surface area contributed by atoms with Crippen molar-refractivity contribution in [2.24, 2.45) is 5.92 Å². The standard InChI is InChI=1S/C24H20FN3O4S/c1-12(2)9-18-26-27-24(33-18)28-20(13-5-4-6-15(10-13)31-3)19-21(29)16-11-14(25)7-8-17(16)32-22(19)23(28)30/h4-8,10-12,20H,9H2,1-3H3/t20-/m0/s1. The van der Waals surface area contributed by atoms with Crippen LogP contribution in [0.25, 0.3) is 11.0 Å². The lowest BCUT2D eigenvalue weighted by atomic mass is 9.98. The van der Waals surface area contributed by atoms with Gasteiger partial charge in [0.1, 0.15) is 22.2 Å². The number of fused-ring (bicyclic) bond motifs is 2. The van der Waals surface area contributed by atoms with Crippen LogP contribution in [-0.2, 0) is 6.42 Å². The minimum atomic E-state index is -0.814.